The van der Waals surface area contributed by atoms with Crippen LogP contribution in [0.1, 0.15) is 34.3 Å². The van der Waals surface area contributed by atoms with Crippen molar-refractivity contribution in [2.24, 2.45) is 17.6 Å². The number of carbonyl (C=O) groups is 2. The number of phenolic OH excluding ortho intramolecular Hbond substituents is 1. The van der Waals surface area contributed by atoms with Crippen molar-refractivity contribution in [2.45, 2.75) is 68.7 Å². The predicted molar refractivity (Wildman–Crippen MR) is 164 cm³/mol. The lowest BCUT2D eigenvalue weighted by Crippen LogP contribution is -2.69. The number of hydrogen-bond donors (Lipinski definition) is 7. The smallest absolute Gasteiger partial charge is 0.229 e. The fraction of sp³-hybridized carbons (Fsp3) is 0.533. The Hall–Kier alpha value is -2.40. The normalized spacial score (nSPS) is 34.4. The molecule has 9 atom stereocenters. The molecule has 240 valence electrons. The first-order chi connectivity index (χ1) is 21.0. The minimum Gasteiger partial charge on any atom is -0.506 e. The molecule has 8 N–H and O–H groups in total. The Kier molecular flexibility index (Phi) is 9.85. The third-order valence-corrected chi connectivity index (χ3v) is 11.3. The van der Waals surface area contributed by atoms with Crippen LogP contribution in [0.2, 0.25) is 0 Å². The Morgan fingerprint density at radius 1 is 1.18 bits per heavy atom. The third-order valence-electron chi connectivity index (χ3n) is 8.86. The number of fused-ring (bicyclic) bond motifs is 5. The van der Waals surface area contributed by atoms with Crippen molar-refractivity contribution in [1.29, 1.82) is 0 Å². The first-order valence-electron chi connectivity index (χ1n) is 14.2. The maximum atomic E-state index is 13.4. The van der Waals surface area contributed by atoms with Crippen LogP contribution in [-0.4, -0.2) is 104 Å². The van der Waals surface area contributed by atoms with Crippen LogP contribution in [0.4, 0.5) is 0 Å². The number of ether oxygens (including phenoxy) is 3. The zero-order chi connectivity index (χ0) is 31.9. The number of benzene rings is 2. The van der Waals surface area contributed by atoms with E-state index in [4.69, 9.17) is 19.9 Å². The molecular formula is C30H37NO11S2. The Morgan fingerprint density at radius 3 is 2.61 bits per heavy atom. The van der Waals surface area contributed by atoms with Crippen molar-refractivity contribution in [2.75, 3.05) is 18.6 Å². The molecule has 0 amide bonds. The summed E-state index contributed by atoms with van der Waals surface area (Å²) in [6.07, 6.45) is -4.95. The molecule has 1 aliphatic carbocycles. The molecule has 4 bridgehead atoms. The number of aliphatic hydroxyl groups is 5. The molecule has 12 nitrogen and oxygen atoms in total. The van der Waals surface area contributed by atoms with E-state index in [0.29, 0.717) is 28.6 Å². The van der Waals surface area contributed by atoms with Gasteiger partial charge in [-0.1, -0.05) is 33.7 Å². The van der Waals surface area contributed by atoms with Gasteiger partial charge >= 0.3 is 0 Å². The van der Waals surface area contributed by atoms with Gasteiger partial charge in [0.2, 0.25) is 6.29 Å². The van der Waals surface area contributed by atoms with E-state index in [0.717, 1.165) is 0 Å². The molecule has 0 saturated carbocycles. The average molecular weight is 652 g/mol. The summed E-state index contributed by atoms with van der Waals surface area (Å²) in [5, 5.41) is 67.3. The summed E-state index contributed by atoms with van der Waals surface area (Å²) < 4.78 is 17.6. The van der Waals surface area contributed by atoms with E-state index in [1.165, 1.54) is 46.9 Å². The second-order valence-corrected chi connectivity index (χ2v) is 14.0. The number of aliphatic hydroxyl groups excluding tert-OH is 4. The molecule has 2 heterocycles. The van der Waals surface area contributed by atoms with Gasteiger partial charge in [0.05, 0.1) is 24.7 Å². The Bertz CT molecular complexity index is 1450. The summed E-state index contributed by atoms with van der Waals surface area (Å²) in [5.41, 5.74) is 5.21. The largest absolute Gasteiger partial charge is 0.506 e. The van der Waals surface area contributed by atoms with Gasteiger partial charge in [-0.2, -0.15) is 0 Å². The number of phenols is 1. The maximum absolute atomic E-state index is 13.4. The van der Waals surface area contributed by atoms with E-state index in [2.05, 4.69) is 0 Å². The number of Topliss-reactive ketones (excluding diaryl/α,β-unsaturated/α-hetero) is 1. The van der Waals surface area contributed by atoms with Gasteiger partial charge in [-0.3, -0.25) is 4.79 Å². The van der Waals surface area contributed by atoms with Crippen molar-refractivity contribution in [1.82, 2.24) is 0 Å². The average Bonchev–Trinajstić information content (AvgIpc) is 2.99. The lowest BCUT2D eigenvalue weighted by atomic mass is 9.66. The van der Waals surface area contributed by atoms with Gasteiger partial charge in [-0.15, -0.1) is 0 Å². The van der Waals surface area contributed by atoms with Crippen LogP contribution in [0.15, 0.2) is 24.3 Å². The van der Waals surface area contributed by atoms with Gasteiger partial charge in [-0.05, 0) is 29.9 Å². The van der Waals surface area contributed by atoms with Crippen LogP contribution < -0.4 is 15.2 Å². The Morgan fingerprint density at radius 2 is 1.93 bits per heavy atom. The molecule has 0 radical (unpaired) electrons. The van der Waals surface area contributed by atoms with Crippen molar-refractivity contribution in [3.8, 4) is 17.2 Å². The highest BCUT2D eigenvalue weighted by Gasteiger charge is 2.58. The van der Waals surface area contributed by atoms with E-state index in [-0.39, 0.29) is 46.8 Å². The number of rotatable bonds is 4. The molecule has 14 heteroatoms. The summed E-state index contributed by atoms with van der Waals surface area (Å²) >= 11 is 0. The van der Waals surface area contributed by atoms with Gasteiger partial charge < -0.3 is 55.4 Å². The molecule has 0 spiro atoms. The molecular weight excluding hydrogens is 614 g/mol. The molecule has 3 aliphatic rings. The molecule has 1 fully saturated rings. The second kappa shape index (κ2) is 13.1. The molecule has 44 heavy (non-hydrogen) atoms. The topological polar surface area (TPSA) is 209 Å². The number of aromatic hydroxyl groups is 1. The minimum atomic E-state index is -1.96. The Labute approximate surface area is 261 Å². The number of aryl methyl sites for hydroxylation is 1. The molecule has 2 aliphatic heterocycles. The lowest BCUT2D eigenvalue weighted by molar-refractivity contribution is -0.305. The SMILES string of the molecule is COc1cc2c3c(O)c(c(C)cc3c1CO)C(=O)CCSSC[C@H]1[C@@H](CC=O)[C@H](N)C=C[C@]1(O)[C@@H]1O[C@H](O2)[C@H](O)[C@@H](O)[C@@H]1O. The summed E-state index contributed by atoms with van der Waals surface area (Å²) in [6.45, 7) is 1.19. The summed E-state index contributed by atoms with van der Waals surface area (Å²) in [7, 11) is 4.08. The molecule has 0 unspecified atom stereocenters. The zero-order valence-corrected chi connectivity index (χ0v) is 25.8. The van der Waals surface area contributed by atoms with E-state index in [1.807, 2.05) is 0 Å². The number of hydrogen-bond acceptors (Lipinski definition) is 14. The maximum Gasteiger partial charge on any atom is 0.229 e. The molecule has 1 saturated heterocycles. The van der Waals surface area contributed by atoms with Gasteiger partial charge in [0.1, 0.15) is 53.6 Å². The number of carbonyl (C=O) groups excluding carboxylic acids is 2. The standard InChI is InChI=1S/C30H37NO11S2/c1-13-9-15-16(11-33)20(40-2)10-21-23(15)24(35)22(13)19(34)5-8-43-44-12-17-14(4-7-32)18(31)3-6-30(17,39)28-26(37)25(36)27(38)29(41-21)42-28/h3,6-7,9-10,14,17-18,25-29,33,35-39H,4-5,8,11-12,31H2,1-2H3/t14-,17+,18-,25+,26+,27-,28-,29+,30-/m1/s1. The van der Waals surface area contributed by atoms with Gasteiger partial charge in [0.25, 0.3) is 0 Å². The van der Waals surface area contributed by atoms with Crippen molar-refractivity contribution in [3.63, 3.8) is 0 Å². The highest BCUT2D eigenvalue weighted by molar-refractivity contribution is 8.76. The van der Waals surface area contributed by atoms with E-state index in [9.17, 15) is 40.2 Å². The Balaban J connectivity index is 1.70. The van der Waals surface area contributed by atoms with Crippen LogP contribution in [-0.2, 0) is 16.1 Å². The fourth-order valence-electron chi connectivity index (χ4n) is 6.52. The molecule has 0 aromatic heterocycles. The van der Waals surface area contributed by atoms with Gasteiger partial charge in [0.15, 0.2) is 5.78 Å². The van der Waals surface area contributed by atoms with Crippen LogP contribution in [0.3, 0.4) is 0 Å². The van der Waals surface area contributed by atoms with E-state index >= 15 is 0 Å². The predicted octanol–water partition coefficient (Wildman–Crippen LogP) is 0.959. The minimum absolute atomic E-state index is 0.0122. The van der Waals surface area contributed by atoms with Crippen LogP contribution >= 0.6 is 21.6 Å². The first kappa shape index (κ1) is 33.0. The first-order valence-corrected chi connectivity index (χ1v) is 16.7. The summed E-state index contributed by atoms with van der Waals surface area (Å²) in [5.74, 6) is -1.36. The number of nitrogens with two attached hydrogens (primary N) is 1. The monoisotopic (exact) mass is 651 g/mol. The van der Waals surface area contributed by atoms with Crippen molar-refractivity contribution >= 4 is 44.4 Å². The fourth-order valence-corrected chi connectivity index (χ4v) is 9.00. The zero-order valence-electron chi connectivity index (χ0n) is 24.2. The molecule has 2 aromatic carbocycles. The van der Waals surface area contributed by atoms with Crippen molar-refractivity contribution < 1.29 is 54.4 Å². The van der Waals surface area contributed by atoms with Crippen LogP contribution in [0, 0.1) is 18.8 Å². The molecule has 5 rings (SSSR count). The van der Waals surface area contributed by atoms with Crippen LogP contribution in [0.25, 0.3) is 10.8 Å². The highest BCUT2D eigenvalue weighted by atomic mass is 33.1. The number of ketones is 1. The lowest BCUT2D eigenvalue weighted by Gasteiger charge is -2.51. The second-order valence-electron chi connectivity index (χ2n) is 11.3. The van der Waals surface area contributed by atoms with Crippen molar-refractivity contribution in [3.05, 3.63) is 41.0 Å². The van der Waals surface area contributed by atoms with E-state index < -0.39 is 66.5 Å². The summed E-state index contributed by atoms with van der Waals surface area (Å²) in [4.78, 5) is 25.0. The number of aldehydes is 1. The third kappa shape index (κ3) is 5.60. The number of methoxy groups -OCH3 is 1. The molecule has 2 aromatic rings. The van der Waals surface area contributed by atoms with Gasteiger partial charge in [0, 0.05) is 47.9 Å². The van der Waals surface area contributed by atoms with Crippen LogP contribution in [0.5, 0.6) is 17.2 Å². The summed E-state index contributed by atoms with van der Waals surface area (Å²) in [6, 6.07) is 2.39. The highest BCUT2D eigenvalue weighted by Crippen LogP contribution is 2.48. The van der Waals surface area contributed by atoms with E-state index in [1.54, 1.807) is 13.0 Å². The quantitative estimate of drug-likeness (QED) is 0.140. The van der Waals surface area contributed by atoms with Gasteiger partial charge in [-0.25, -0.2) is 0 Å².